The number of hydrogen-bond acceptors (Lipinski definition) is 4. The summed E-state index contributed by atoms with van der Waals surface area (Å²) in [4.78, 5) is 0. The molecule has 0 bridgehead atoms. The van der Waals surface area contributed by atoms with E-state index in [1.54, 1.807) is 0 Å². The van der Waals surface area contributed by atoms with Gasteiger partial charge in [0.1, 0.15) is 29.4 Å². The number of nitrogens with zero attached hydrogens (tertiary/aromatic N) is 2. The first-order chi connectivity index (χ1) is 14.2. The number of aryl methyl sites for hydroxylation is 1. The molecule has 1 aliphatic heterocycles. The molecule has 0 saturated carbocycles. The van der Waals surface area contributed by atoms with Crippen molar-refractivity contribution < 1.29 is 14.6 Å². The molecule has 5 nitrogen and oxygen atoms in total. The van der Waals surface area contributed by atoms with Crippen molar-refractivity contribution in [2.75, 3.05) is 13.2 Å². The van der Waals surface area contributed by atoms with E-state index in [0.717, 1.165) is 41.3 Å². The Morgan fingerprint density at radius 1 is 1.17 bits per heavy atom. The molecule has 1 aromatic heterocycles. The molecule has 166 valence electrons. The molecule has 0 spiro atoms. The second kappa shape index (κ2) is 9.01. The molecular weight excluding hydrogens is 376 g/mol. The smallest absolute Gasteiger partial charge is 0.134 e. The Kier molecular flexibility index (Phi) is 6.81. The molecule has 0 unspecified atom stereocenters. The summed E-state index contributed by atoms with van der Waals surface area (Å²) < 4.78 is 14.5. The fraction of sp³-hybridized carbons (Fsp3) is 0.640. The van der Waals surface area contributed by atoms with Gasteiger partial charge in [-0.3, -0.25) is 4.68 Å². The van der Waals surface area contributed by atoms with E-state index in [4.69, 9.17) is 14.6 Å². The van der Waals surface area contributed by atoms with Crippen LogP contribution < -0.4 is 9.47 Å². The van der Waals surface area contributed by atoms with Crippen LogP contribution in [0.4, 0.5) is 0 Å². The van der Waals surface area contributed by atoms with E-state index in [9.17, 15) is 5.11 Å². The molecule has 0 radical (unpaired) electrons. The van der Waals surface area contributed by atoms with Gasteiger partial charge in [0.2, 0.25) is 0 Å². The van der Waals surface area contributed by atoms with Gasteiger partial charge in [0.05, 0.1) is 12.2 Å². The van der Waals surface area contributed by atoms with Gasteiger partial charge in [0.15, 0.2) is 0 Å². The molecule has 5 heteroatoms. The number of unbranched alkanes of at least 4 members (excludes halogenated alkanes) is 3. The lowest BCUT2D eigenvalue weighted by Crippen LogP contribution is -2.29. The van der Waals surface area contributed by atoms with Gasteiger partial charge >= 0.3 is 0 Å². The predicted molar refractivity (Wildman–Crippen MR) is 121 cm³/mol. The second-order valence-corrected chi connectivity index (χ2v) is 9.47. The average Bonchev–Trinajstić information content (AvgIpc) is 3.14. The van der Waals surface area contributed by atoms with Crippen molar-refractivity contribution in [1.29, 1.82) is 0 Å². The number of aliphatic hydroxyl groups excluding tert-OH is 1. The topological polar surface area (TPSA) is 56.5 Å². The summed E-state index contributed by atoms with van der Waals surface area (Å²) in [5, 5.41) is 14.2. The Morgan fingerprint density at radius 3 is 2.60 bits per heavy atom. The quantitative estimate of drug-likeness (QED) is 0.498. The average molecular weight is 415 g/mol. The van der Waals surface area contributed by atoms with Crippen LogP contribution in [0.15, 0.2) is 18.3 Å². The van der Waals surface area contributed by atoms with Crippen LogP contribution in [0.1, 0.15) is 84.8 Å². The third kappa shape index (κ3) is 4.51. The van der Waals surface area contributed by atoms with Crippen molar-refractivity contribution in [2.24, 2.45) is 0 Å². The highest BCUT2D eigenvalue weighted by molar-refractivity contribution is 5.79. The van der Waals surface area contributed by atoms with Crippen LogP contribution in [-0.4, -0.2) is 28.1 Å². The Hall–Kier alpha value is -2.01. The predicted octanol–water partition coefficient (Wildman–Crippen LogP) is 5.82. The van der Waals surface area contributed by atoms with Gasteiger partial charge in [0.25, 0.3) is 0 Å². The molecule has 0 atom stereocenters. The maximum Gasteiger partial charge on any atom is 0.134 e. The first-order valence-corrected chi connectivity index (χ1v) is 11.4. The number of rotatable bonds is 10. The molecular formula is C25H38N2O3. The summed E-state index contributed by atoms with van der Waals surface area (Å²) in [7, 11) is 0. The van der Waals surface area contributed by atoms with Gasteiger partial charge in [-0.2, -0.15) is 5.10 Å². The number of benzene rings is 1. The molecule has 30 heavy (non-hydrogen) atoms. The molecule has 1 aromatic carbocycles. The fourth-order valence-electron chi connectivity index (χ4n) is 4.24. The molecule has 3 rings (SSSR count). The van der Waals surface area contributed by atoms with Gasteiger partial charge in [-0.25, -0.2) is 0 Å². The monoisotopic (exact) mass is 414 g/mol. The Balaban J connectivity index is 2.06. The second-order valence-electron chi connectivity index (χ2n) is 9.47. The van der Waals surface area contributed by atoms with Crippen molar-refractivity contribution in [2.45, 2.75) is 91.2 Å². The van der Waals surface area contributed by atoms with Crippen molar-refractivity contribution in [1.82, 2.24) is 9.78 Å². The maximum absolute atomic E-state index is 9.37. The summed E-state index contributed by atoms with van der Waals surface area (Å²) in [6.07, 6.45) is 8.19. The third-order valence-electron chi connectivity index (χ3n) is 6.19. The van der Waals surface area contributed by atoms with Crippen molar-refractivity contribution >= 4 is 0 Å². The minimum atomic E-state index is -0.464. The van der Waals surface area contributed by atoms with Crippen LogP contribution in [0.2, 0.25) is 0 Å². The van der Waals surface area contributed by atoms with Gasteiger partial charge in [0, 0.05) is 18.3 Å². The molecule has 2 heterocycles. The van der Waals surface area contributed by atoms with E-state index in [1.165, 1.54) is 31.2 Å². The summed E-state index contributed by atoms with van der Waals surface area (Å²) in [5.74, 6) is 1.57. The molecule has 1 N–H and O–H groups in total. The van der Waals surface area contributed by atoms with Gasteiger partial charge in [-0.15, -0.1) is 0 Å². The van der Waals surface area contributed by atoms with Gasteiger partial charge in [-0.05, 0) is 50.3 Å². The lowest BCUT2D eigenvalue weighted by molar-refractivity contribution is 0.104. The van der Waals surface area contributed by atoms with E-state index in [2.05, 4.69) is 59.9 Å². The minimum Gasteiger partial charge on any atom is -0.490 e. The maximum atomic E-state index is 9.37. The normalized spacial score (nSPS) is 14.8. The first-order valence-electron chi connectivity index (χ1n) is 11.4. The van der Waals surface area contributed by atoms with Crippen LogP contribution in [0.25, 0.3) is 11.3 Å². The highest BCUT2D eigenvalue weighted by atomic mass is 16.5. The zero-order chi connectivity index (χ0) is 21.9. The van der Waals surface area contributed by atoms with E-state index in [-0.39, 0.29) is 18.6 Å². The fourth-order valence-corrected chi connectivity index (χ4v) is 4.24. The molecule has 2 aromatic rings. The highest BCUT2D eigenvalue weighted by Gasteiger charge is 2.38. The Bertz CT molecular complexity index is 868. The minimum absolute atomic E-state index is 0.0106. The number of aliphatic hydroxyl groups is 1. The standard InChI is InChI=1S/C25H38N2O3/c1-7-9-10-11-12-24(3,4)18-15-20(29-14-13-28)22-21(16-18)30-25(5,6)19-17-27(8-2)26-23(19)22/h15-17,28H,7-14H2,1-6H3. The Labute approximate surface area is 181 Å². The molecule has 0 fully saturated rings. The first kappa shape index (κ1) is 22.7. The van der Waals surface area contributed by atoms with Gasteiger partial charge in [-0.1, -0.05) is 46.5 Å². The third-order valence-corrected chi connectivity index (χ3v) is 6.19. The van der Waals surface area contributed by atoms with Crippen LogP contribution in [-0.2, 0) is 17.6 Å². The zero-order valence-electron chi connectivity index (χ0n) is 19.5. The molecule has 0 amide bonds. The van der Waals surface area contributed by atoms with Crippen molar-refractivity contribution in [3.8, 4) is 22.8 Å². The largest absolute Gasteiger partial charge is 0.490 e. The molecule has 1 aliphatic rings. The SMILES string of the molecule is CCCCCCC(C)(C)c1cc(OCCO)c2c(c1)OC(C)(C)c1cn(CC)nc1-2. The van der Waals surface area contributed by atoms with Crippen molar-refractivity contribution in [3.05, 3.63) is 29.5 Å². The van der Waals surface area contributed by atoms with E-state index < -0.39 is 5.60 Å². The van der Waals surface area contributed by atoms with Crippen LogP contribution in [0.5, 0.6) is 11.5 Å². The lowest BCUT2D eigenvalue weighted by Gasteiger charge is -2.35. The lowest BCUT2D eigenvalue weighted by atomic mass is 9.78. The number of ether oxygens (including phenoxy) is 2. The van der Waals surface area contributed by atoms with Crippen LogP contribution in [0, 0.1) is 0 Å². The van der Waals surface area contributed by atoms with Crippen LogP contribution in [0.3, 0.4) is 0 Å². The Morgan fingerprint density at radius 2 is 1.93 bits per heavy atom. The van der Waals surface area contributed by atoms with E-state index in [0.29, 0.717) is 0 Å². The van der Waals surface area contributed by atoms with E-state index >= 15 is 0 Å². The summed E-state index contributed by atoms with van der Waals surface area (Å²) in [6, 6.07) is 4.31. The van der Waals surface area contributed by atoms with Crippen LogP contribution >= 0.6 is 0 Å². The number of aromatic nitrogens is 2. The number of hydrogen-bond donors (Lipinski definition) is 1. The van der Waals surface area contributed by atoms with E-state index in [1.807, 2.05) is 4.68 Å². The zero-order valence-corrected chi connectivity index (χ0v) is 19.5. The molecule has 0 aliphatic carbocycles. The molecule has 0 saturated heterocycles. The van der Waals surface area contributed by atoms with Crippen molar-refractivity contribution in [3.63, 3.8) is 0 Å². The summed E-state index contributed by atoms with van der Waals surface area (Å²) in [5.41, 5.74) is 3.64. The highest BCUT2D eigenvalue weighted by Crippen LogP contribution is 2.50. The van der Waals surface area contributed by atoms with Gasteiger partial charge < -0.3 is 14.6 Å². The summed E-state index contributed by atoms with van der Waals surface area (Å²) in [6.45, 7) is 14.1. The number of fused-ring (bicyclic) bond motifs is 3. The summed E-state index contributed by atoms with van der Waals surface area (Å²) >= 11 is 0.